The van der Waals surface area contributed by atoms with Crippen LogP contribution in [0, 0.1) is 6.92 Å². The third kappa shape index (κ3) is 7.82. The summed E-state index contributed by atoms with van der Waals surface area (Å²) < 4.78 is 12.2. The molecule has 0 bridgehead atoms. The van der Waals surface area contributed by atoms with Gasteiger partial charge in [-0.05, 0) is 101 Å². The first-order valence-corrected chi connectivity index (χ1v) is 15.5. The molecule has 2 atom stereocenters. The Hall–Kier alpha value is -4.24. The molecule has 1 aliphatic heterocycles. The number of rotatable bonds is 9. The van der Waals surface area contributed by atoms with E-state index in [4.69, 9.17) is 14.5 Å². The van der Waals surface area contributed by atoms with Gasteiger partial charge < -0.3 is 24.8 Å². The van der Waals surface area contributed by atoms with E-state index in [1.54, 1.807) is 17.3 Å². The summed E-state index contributed by atoms with van der Waals surface area (Å²) in [5, 5.41) is 15.3. The van der Waals surface area contributed by atoms with Crippen LogP contribution in [-0.2, 0) is 11.2 Å². The average Bonchev–Trinajstić information content (AvgIpc) is 2.98. The Kier molecular flexibility index (Phi) is 9.64. The number of carbonyl (C=O) groups excluding carboxylic acids is 1. The fourth-order valence-electron chi connectivity index (χ4n) is 5.56. The third-order valence-electron chi connectivity index (χ3n) is 7.67. The van der Waals surface area contributed by atoms with Crippen molar-refractivity contribution in [2.75, 3.05) is 18.4 Å². The second-order valence-electron chi connectivity index (χ2n) is 12.6. The SMILES string of the molecule is Cc1ccc2c(CCCC(C)O)cccc2c1Oc1ncccc1-c1ccnc(N[C@H]2CCCN(C(=O)OC(C)(C)C)C2)n1. The van der Waals surface area contributed by atoms with Crippen molar-refractivity contribution in [2.45, 2.75) is 84.5 Å². The number of nitrogens with zero attached hydrogens (tertiary/aromatic N) is 4. The van der Waals surface area contributed by atoms with E-state index in [9.17, 15) is 9.90 Å². The average molecular weight is 598 g/mol. The predicted octanol–water partition coefficient (Wildman–Crippen LogP) is 7.31. The lowest BCUT2D eigenvalue weighted by atomic mass is 9.97. The number of anilines is 1. The summed E-state index contributed by atoms with van der Waals surface area (Å²) in [6, 6.07) is 16.2. The van der Waals surface area contributed by atoms with Crippen LogP contribution in [0.15, 0.2) is 60.9 Å². The molecule has 1 amide bonds. The quantitative estimate of drug-likeness (QED) is 0.207. The van der Waals surface area contributed by atoms with Gasteiger partial charge in [0.15, 0.2) is 0 Å². The molecule has 5 rings (SSSR count). The van der Waals surface area contributed by atoms with Gasteiger partial charge in [0.2, 0.25) is 11.8 Å². The normalized spacial score (nSPS) is 16.0. The smallest absolute Gasteiger partial charge is 0.410 e. The van der Waals surface area contributed by atoms with Gasteiger partial charge in [-0.15, -0.1) is 0 Å². The van der Waals surface area contributed by atoms with Crippen molar-refractivity contribution in [3.8, 4) is 22.9 Å². The molecule has 0 spiro atoms. The van der Waals surface area contributed by atoms with Gasteiger partial charge in [0.05, 0.1) is 17.4 Å². The number of fused-ring (bicyclic) bond motifs is 1. The predicted molar refractivity (Wildman–Crippen MR) is 173 cm³/mol. The minimum absolute atomic E-state index is 0.00394. The molecule has 0 aliphatic carbocycles. The number of hydrogen-bond acceptors (Lipinski definition) is 8. The number of piperidine rings is 1. The fraction of sp³-hybridized carbons (Fsp3) is 0.429. The molecule has 2 aromatic heterocycles. The summed E-state index contributed by atoms with van der Waals surface area (Å²) in [4.78, 5) is 28.3. The molecular weight excluding hydrogens is 554 g/mol. The highest BCUT2D eigenvalue weighted by Crippen LogP contribution is 2.38. The van der Waals surface area contributed by atoms with Gasteiger partial charge in [0.25, 0.3) is 0 Å². The lowest BCUT2D eigenvalue weighted by Gasteiger charge is -2.34. The van der Waals surface area contributed by atoms with Crippen LogP contribution in [0.3, 0.4) is 0 Å². The van der Waals surface area contributed by atoms with E-state index in [0.717, 1.165) is 59.8 Å². The number of ether oxygens (including phenoxy) is 2. The molecule has 1 saturated heterocycles. The Morgan fingerprint density at radius 1 is 1.09 bits per heavy atom. The van der Waals surface area contributed by atoms with Gasteiger partial charge in [-0.2, -0.15) is 0 Å². The van der Waals surface area contributed by atoms with E-state index in [-0.39, 0.29) is 18.2 Å². The zero-order valence-electron chi connectivity index (χ0n) is 26.3. The molecule has 232 valence electrons. The Morgan fingerprint density at radius 3 is 2.73 bits per heavy atom. The fourth-order valence-corrected chi connectivity index (χ4v) is 5.56. The zero-order chi connectivity index (χ0) is 31.3. The first-order chi connectivity index (χ1) is 21.1. The van der Waals surface area contributed by atoms with Crippen molar-refractivity contribution in [2.24, 2.45) is 0 Å². The monoisotopic (exact) mass is 597 g/mol. The lowest BCUT2D eigenvalue weighted by molar-refractivity contribution is 0.0206. The maximum Gasteiger partial charge on any atom is 0.410 e. The van der Waals surface area contributed by atoms with Crippen LogP contribution in [-0.4, -0.2) is 61.9 Å². The number of aliphatic hydroxyl groups is 1. The van der Waals surface area contributed by atoms with Gasteiger partial charge >= 0.3 is 6.09 Å². The largest absolute Gasteiger partial charge is 0.444 e. The summed E-state index contributed by atoms with van der Waals surface area (Å²) >= 11 is 0. The number of pyridine rings is 1. The van der Waals surface area contributed by atoms with E-state index in [1.807, 2.05) is 52.8 Å². The molecule has 44 heavy (non-hydrogen) atoms. The van der Waals surface area contributed by atoms with E-state index < -0.39 is 5.60 Å². The molecule has 1 fully saturated rings. The van der Waals surface area contributed by atoms with Crippen LogP contribution >= 0.6 is 0 Å². The lowest BCUT2D eigenvalue weighted by Crippen LogP contribution is -2.47. The second-order valence-corrected chi connectivity index (χ2v) is 12.6. The Morgan fingerprint density at radius 2 is 1.93 bits per heavy atom. The number of amides is 1. The van der Waals surface area contributed by atoms with Crippen molar-refractivity contribution in [3.05, 3.63) is 72.1 Å². The van der Waals surface area contributed by atoms with Crippen molar-refractivity contribution in [1.29, 1.82) is 0 Å². The minimum Gasteiger partial charge on any atom is -0.444 e. The number of aromatic nitrogens is 3. The highest BCUT2D eigenvalue weighted by molar-refractivity contribution is 5.92. The zero-order valence-corrected chi connectivity index (χ0v) is 26.3. The van der Waals surface area contributed by atoms with Crippen molar-refractivity contribution in [3.63, 3.8) is 0 Å². The van der Waals surface area contributed by atoms with Crippen molar-refractivity contribution < 1.29 is 19.4 Å². The number of carbonyl (C=O) groups is 1. The number of hydrogen-bond donors (Lipinski definition) is 2. The van der Waals surface area contributed by atoms with Gasteiger partial charge in [-0.1, -0.05) is 30.3 Å². The number of aryl methyl sites for hydroxylation is 2. The van der Waals surface area contributed by atoms with E-state index >= 15 is 0 Å². The molecule has 9 nitrogen and oxygen atoms in total. The van der Waals surface area contributed by atoms with Gasteiger partial charge in [-0.3, -0.25) is 0 Å². The van der Waals surface area contributed by atoms with Crippen molar-refractivity contribution >= 4 is 22.8 Å². The van der Waals surface area contributed by atoms with Crippen LogP contribution < -0.4 is 10.1 Å². The van der Waals surface area contributed by atoms with Gasteiger partial charge in [-0.25, -0.2) is 19.7 Å². The summed E-state index contributed by atoms with van der Waals surface area (Å²) in [5.74, 6) is 1.70. The van der Waals surface area contributed by atoms with Crippen LogP contribution in [0.4, 0.5) is 10.7 Å². The van der Waals surface area contributed by atoms with E-state index in [2.05, 4.69) is 45.6 Å². The molecule has 0 radical (unpaired) electrons. The summed E-state index contributed by atoms with van der Waals surface area (Å²) in [6.45, 7) is 10.7. The molecule has 1 aliphatic rings. The van der Waals surface area contributed by atoms with Gasteiger partial charge in [0, 0.05) is 36.9 Å². The Labute approximate surface area is 259 Å². The van der Waals surface area contributed by atoms with E-state index in [0.29, 0.717) is 30.6 Å². The highest BCUT2D eigenvalue weighted by atomic mass is 16.6. The van der Waals surface area contributed by atoms with Crippen LogP contribution in [0.5, 0.6) is 11.6 Å². The maximum atomic E-state index is 12.6. The van der Waals surface area contributed by atoms with Crippen LogP contribution in [0.2, 0.25) is 0 Å². The Bertz CT molecular complexity index is 1600. The maximum absolute atomic E-state index is 12.6. The molecule has 0 saturated carbocycles. The molecular formula is C35H43N5O4. The number of aliphatic hydroxyl groups excluding tert-OH is 1. The topological polar surface area (TPSA) is 110 Å². The molecule has 1 unspecified atom stereocenters. The number of likely N-dealkylation sites (tertiary alicyclic amines) is 1. The van der Waals surface area contributed by atoms with Crippen molar-refractivity contribution in [1.82, 2.24) is 19.9 Å². The first-order valence-electron chi connectivity index (χ1n) is 15.5. The molecule has 2 N–H and O–H groups in total. The van der Waals surface area contributed by atoms with E-state index in [1.165, 1.54) is 5.56 Å². The summed E-state index contributed by atoms with van der Waals surface area (Å²) in [7, 11) is 0. The molecule has 3 heterocycles. The van der Waals surface area contributed by atoms with Gasteiger partial charge in [0.1, 0.15) is 11.4 Å². The van der Waals surface area contributed by atoms with Crippen LogP contribution in [0.1, 0.15) is 64.5 Å². The number of benzene rings is 2. The molecule has 9 heteroatoms. The summed E-state index contributed by atoms with van der Waals surface area (Å²) in [6.07, 6.45) is 7.16. The minimum atomic E-state index is -0.537. The molecule has 4 aromatic rings. The molecule has 2 aromatic carbocycles. The summed E-state index contributed by atoms with van der Waals surface area (Å²) in [5.41, 5.74) is 3.13. The number of nitrogens with one attached hydrogen (secondary N) is 1. The second kappa shape index (κ2) is 13.6. The third-order valence-corrected chi connectivity index (χ3v) is 7.67. The highest BCUT2D eigenvalue weighted by Gasteiger charge is 2.28. The standard InChI is InChI=1S/C35H43N5O4/c1-23-16-17-27-25(11-6-10-24(2)41)12-7-14-28(27)31(23)43-32-29(15-8-19-36-32)30-18-20-37-33(39-30)38-26-13-9-21-40(22-26)34(42)44-35(3,4)5/h7-8,12,14-20,24,26,41H,6,9-11,13,21-22H2,1-5H3,(H,37,38,39)/t24?,26-/m0/s1. The Balaban J connectivity index is 1.36. The first kappa shape index (κ1) is 31.2. The van der Waals surface area contributed by atoms with Crippen LogP contribution in [0.25, 0.3) is 22.0 Å².